The van der Waals surface area contributed by atoms with Crippen LogP contribution in [0.3, 0.4) is 0 Å². The number of aromatic hydroxyl groups is 1. The Kier molecular flexibility index (Phi) is 6.81. The molecule has 27 heavy (non-hydrogen) atoms. The van der Waals surface area contributed by atoms with E-state index >= 15 is 0 Å². The summed E-state index contributed by atoms with van der Waals surface area (Å²) >= 11 is 1.80. The molecule has 1 fully saturated rings. The highest BCUT2D eigenvalue weighted by molar-refractivity contribution is 7.14. The molecule has 1 aromatic carbocycles. The second-order valence-electron chi connectivity index (χ2n) is 6.60. The number of piperidine rings is 1. The summed E-state index contributed by atoms with van der Waals surface area (Å²) < 4.78 is 5.12. The van der Waals surface area contributed by atoms with Crippen molar-refractivity contribution in [1.29, 1.82) is 0 Å². The number of rotatable bonds is 6. The summed E-state index contributed by atoms with van der Waals surface area (Å²) in [6, 6.07) is 10.1. The van der Waals surface area contributed by atoms with Crippen molar-refractivity contribution in [3.05, 3.63) is 41.3 Å². The normalized spacial score (nSPS) is 15.6. The first kappa shape index (κ1) is 19.4. The van der Waals surface area contributed by atoms with E-state index in [0.717, 1.165) is 37.5 Å². The smallest absolute Gasteiger partial charge is 0.191 e. The van der Waals surface area contributed by atoms with Crippen LogP contribution in [0.5, 0.6) is 11.5 Å². The van der Waals surface area contributed by atoms with Crippen LogP contribution in [0.25, 0.3) is 0 Å². The van der Waals surface area contributed by atoms with Crippen molar-refractivity contribution in [2.24, 2.45) is 4.99 Å². The fourth-order valence-corrected chi connectivity index (χ4v) is 4.06. The standard InChI is InChI=1S/C20H28N4O2S/c1-21-20(22-10-7-15-5-6-17(26-2)14-18(15)25)23-16-8-11-24(12-9-16)19-4-3-13-27-19/h3-6,13-14,16,25H,7-12H2,1-2H3,(H2,21,22,23). The number of anilines is 1. The van der Waals surface area contributed by atoms with E-state index < -0.39 is 0 Å². The third-order valence-electron chi connectivity index (χ3n) is 4.86. The molecule has 0 aliphatic carbocycles. The zero-order valence-electron chi connectivity index (χ0n) is 15.9. The molecule has 2 heterocycles. The molecular formula is C20H28N4O2S. The van der Waals surface area contributed by atoms with Crippen molar-refractivity contribution in [2.45, 2.75) is 25.3 Å². The Balaban J connectivity index is 1.42. The lowest BCUT2D eigenvalue weighted by atomic mass is 10.1. The number of phenolic OH excluding ortho intramolecular Hbond substituents is 1. The number of nitrogens with one attached hydrogen (secondary N) is 2. The first-order valence-electron chi connectivity index (χ1n) is 9.31. The molecule has 0 atom stereocenters. The molecule has 0 saturated carbocycles. The highest BCUT2D eigenvalue weighted by Gasteiger charge is 2.20. The molecule has 0 amide bonds. The number of thiophene rings is 1. The summed E-state index contributed by atoms with van der Waals surface area (Å²) in [5.41, 5.74) is 0.892. The third kappa shape index (κ3) is 5.29. The molecule has 7 heteroatoms. The van der Waals surface area contributed by atoms with E-state index in [9.17, 15) is 5.11 Å². The summed E-state index contributed by atoms with van der Waals surface area (Å²) in [6.07, 6.45) is 2.91. The molecule has 3 N–H and O–H groups in total. The summed E-state index contributed by atoms with van der Waals surface area (Å²) in [4.78, 5) is 6.78. The Morgan fingerprint density at radius 3 is 2.78 bits per heavy atom. The maximum absolute atomic E-state index is 10.1. The average molecular weight is 389 g/mol. The van der Waals surface area contributed by atoms with Gasteiger partial charge in [0.1, 0.15) is 11.5 Å². The molecule has 1 aromatic heterocycles. The lowest BCUT2D eigenvalue weighted by molar-refractivity contribution is 0.406. The molecule has 0 spiro atoms. The second kappa shape index (κ2) is 9.50. The highest BCUT2D eigenvalue weighted by atomic mass is 32.1. The van der Waals surface area contributed by atoms with Crippen molar-refractivity contribution in [3.63, 3.8) is 0 Å². The van der Waals surface area contributed by atoms with Gasteiger partial charge in [0.05, 0.1) is 12.1 Å². The molecular weight excluding hydrogens is 360 g/mol. The van der Waals surface area contributed by atoms with Gasteiger partial charge in [-0.1, -0.05) is 6.07 Å². The van der Waals surface area contributed by atoms with Gasteiger partial charge in [0.25, 0.3) is 0 Å². The van der Waals surface area contributed by atoms with Crippen LogP contribution in [-0.4, -0.2) is 50.9 Å². The van der Waals surface area contributed by atoms with Gasteiger partial charge in [0.2, 0.25) is 0 Å². The number of benzene rings is 1. The van der Waals surface area contributed by atoms with Crippen molar-refractivity contribution in [3.8, 4) is 11.5 Å². The second-order valence-corrected chi connectivity index (χ2v) is 7.53. The van der Waals surface area contributed by atoms with E-state index in [2.05, 4.69) is 38.0 Å². The number of guanidine groups is 1. The van der Waals surface area contributed by atoms with Gasteiger partial charge in [-0.15, -0.1) is 11.3 Å². The number of methoxy groups -OCH3 is 1. The van der Waals surface area contributed by atoms with Gasteiger partial charge in [-0.25, -0.2) is 0 Å². The fourth-order valence-electron chi connectivity index (χ4n) is 3.28. The third-order valence-corrected chi connectivity index (χ3v) is 5.79. The number of phenols is 1. The fraction of sp³-hybridized carbons (Fsp3) is 0.450. The largest absolute Gasteiger partial charge is 0.508 e. The summed E-state index contributed by atoms with van der Waals surface area (Å²) in [5.74, 6) is 1.74. The van der Waals surface area contributed by atoms with Gasteiger partial charge >= 0.3 is 0 Å². The molecule has 146 valence electrons. The quantitative estimate of drug-likeness (QED) is 0.524. The van der Waals surface area contributed by atoms with E-state index in [4.69, 9.17) is 4.74 Å². The van der Waals surface area contributed by atoms with Crippen molar-refractivity contribution in [1.82, 2.24) is 10.6 Å². The van der Waals surface area contributed by atoms with Crippen molar-refractivity contribution >= 4 is 22.3 Å². The van der Waals surface area contributed by atoms with Crippen molar-refractivity contribution < 1.29 is 9.84 Å². The summed E-state index contributed by atoms with van der Waals surface area (Å²) in [5, 5.41) is 20.4. The molecule has 1 aliphatic rings. The van der Waals surface area contributed by atoms with Gasteiger partial charge in [0, 0.05) is 38.8 Å². The molecule has 0 bridgehead atoms. The molecule has 1 aliphatic heterocycles. The Hall–Kier alpha value is -2.41. The molecule has 2 aromatic rings. The summed E-state index contributed by atoms with van der Waals surface area (Å²) in [6.45, 7) is 2.83. The minimum Gasteiger partial charge on any atom is -0.508 e. The predicted octanol–water partition coefficient (Wildman–Crippen LogP) is 2.84. The topological polar surface area (TPSA) is 69.1 Å². The van der Waals surface area contributed by atoms with Crippen LogP contribution in [-0.2, 0) is 6.42 Å². The van der Waals surface area contributed by atoms with Gasteiger partial charge in [-0.05, 0) is 48.4 Å². The monoisotopic (exact) mass is 388 g/mol. The van der Waals surface area contributed by atoms with Crippen LogP contribution >= 0.6 is 11.3 Å². The first-order valence-corrected chi connectivity index (χ1v) is 10.2. The Morgan fingerprint density at radius 1 is 1.33 bits per heavy atom. The molecule has 1 saturated heterocycles. The van der Waals surface area contributed by atoms with Crippen LogP contribution in [0.2, 0.25) is 0 Å². The Morgan fingerprint density at radius 2 is 2.15 bits per heavy atom. The zero-order valence-corrected chi connectivity index (χ0v) is 16.8. The van der Waals surface area contributed by atoms with E-state index in [0.29, 0.717) is 24.8 Å². The van der Waals surface area contributed by atoms with Crippen LogP contribution in [0.15, 0.2) is 40.7 Å². The minimum absolute atomic E-state index is 0.264. The van der Waals surface area contributed by atoms with E-state index in [1.165, 1.54) is 5.00 Å². The van der Waals surface area contributed by atoms with E-state index in [1.807, 2.05) is 12.1 Å². The Labute approximate surface area is 164 Å². The minimum atomic E-state index is 0.264. The molecule has 3 rings (SSSR count). The van der Waals surface area contributed by atoms with Crippen LogP contribution in [0.1, 0.15) is 18.4 Å². The van der Waals surface area contributed by atoms with Crippen molar-refractivity contribution in [2.75, 3.05) is 38.7 Å². The number of hydrogen-bond acceptors (Lipinski definition) is 5. The first-order chi connectivity index (χ1) is 13.2. The SMILES string of the molecule is CN=C(NCCc1ccc(OC)cc1O)NC1CCN(c2cccs2)CC1. The average Bonchev–Trinajstić information content (AvgIpc) is 3.23. The lowest BCUT2D eigenvalue weighted by Gasteiger charge is -2.33. The van der Waals surface area contributed by atoms with Gasteiger partial charge in [-0.2, -0.15) is 0 Å². The number of hydrogen-bond donors (Lipinski definition) is 3. The zero-order chi connectivity index (χ0) is 19.1. The van der Waals surface area contributed by atoms with E-state index in [1.54, 1.807) is 31.6 Å². The maximum Gasteiger partial charge on any atom is 0.191 e. The maximum atomic E-state index is 10.1. The van der Waals surface area contributed by atoms with Gasteiger partial charge in [-0.3, -0.25) is 4.99 Å². The van der Waals surface area contributed by atoms with Gasteiger partial charge in [0.15, 0.2) is 5.96 Å². The number of ether oxygens (including phenoxy) is 1. The molecule has 0 unspecified atom stereocenters. The van der Waals surface area contributed by atoms with Crippen LogP contribution in [0.4, 0.5) is 5.00 Å². The lowest BCUT2D eigenvalue weighted by Crippen LogP contribution is -2.49. The Bertz CT molecular complexity index is 740. The van der Waals surface area contributed by atoms with Gasteiger partial charge < -0.3 is 25.4 Å². The predicted molar refractivity (Wildman–Crippen MR) is 112 cm³/mol. The molecule has 6 nitrogen and oxygen atoms in total. The van der Waals surface area contributed by atoms with Crippen LogP contribution < -0.4 is 20.3 Å². The molecule has 0 radical (unpaired) electrons. The van der Waals surface area contributed by atoms with E-state index in [-0.39, 0.29) is 5.75 Å². The highest BCUT2D eigenvalue weighted by Crippen LogP contribution is 2.25. The number of nitrogens with zero attached hydrogens (tertiary/aromatic N) is 2. The van der Waals surface area contributed by atoms with Crippen LogP contribution in [0, 0.1) is 0 Å². The number of aliphatic imine (C=N–C) groups is 1. The summed E-state index contributed by atoms with van der Waals surface area (Å²) in [7, 11) is 3.39.